The number of hydrogen-bond acceptors (Lipinski definition) is 2. The van der Waals surface area contributed by atoms with E-state index >= 15 is 0 Å². The van der Waals surface area contributed by atoms with Crippen molar-refractivity contribution in [2.45, 2.75) is 6.42 Å². The van der Waals surface area contributed by atoms with E-state index in [4.69, 9.17) is 0 Å². The van der Waals surface area contributed by atoms with Gasteiger partial charge in [0.2, 0.25) is 0 Å². The number of nitriles is 2. The third kappa shape index (κ3) is 2.19. The first-order valence-electron chi connectivity index (χ1n) is 6.89. The Kier molecular flexibility index (Phi) is 3.96. The molecule has 1 aromatic heterocycles. The zero-order valence-electron chi connectivity index (χ0n) is 11.8. The van der Waals surface area contributed by atoms with Crippen molar-refractivity contribution in [1.29, 1.82) is 10.5 Å². The van der Waals surface area contributed by atoms with E-state index in [2.05, 4.69) is 28.1 Å². The summed E-state index contributed by atoms with van der Waals surface area (Å²) in [5.41, 5.74) is 3.88. The minimum atomic E-state index is 0.560. The summed E-state index contributed by atoms with van der Waals surface area (Å²) in [7, 11) is 0. The second kappa shape index (κ2) is 6.05. The molecule has 3 aromatic rings. The fourth-order valence-corrected chi connectivity index (χ4v) is 3.18. The zero-order chi connectivity index (χ0) is 15.5. The molecule has 0 saturated carbocycles. The minimum Gasteiger partial charge on any atom is -0.299 e. The summed E-state index contributed by atoms with van der Waals surface area (Å²) in [4.78, 5) is 0. The van der Waals surface area contributed by atoms with Gasteiger partial charge in [0.25, 0.3) is 0 Å². The van der Waals surface area contributed by atoms with Crippen LogP contribution in [0, 0.1) is 22.7 Å². The lowest BCUT2D eigenvalue weighted by Gasteiger charge is -2.09. The van der Waals surface area contributed by atoms with Crippen molar-refractivity contribution >= 4 is 26.8 Å². The predicted octanol–water partition coefficient (Wildman–Crippen LogP) is 4.31. The normalized spacial score (nSPS) is 10.3. The van der Waals surface area contributed by atoms with Gasteiger partial charge in [-0.1, -0.05) is 46.3 Å². The molecule has 0 N–H and O–H groups in total. The summed E-state index contributed by atoms with van der Waals surface area (Å²) >= 11 is 3.46. The highest BCUT2D eigenvalue weighted by atomic mass is 79.9. The number of hydrogen-bond donors (Lipinski definition) is 0. The number of alkyl halides is 1. The SMILES string of the molecule is N#Cc1ccccc1-n1c(C#N)c(CCBr)c2ccccc21. The average Bonchev–Trinajstić information content (AvgIpc) is 2.89. The summed E-state index contributed by atoms with van der Waals surface area (Å²) in [5.74, 6) is 0. The topological polar surface area (TPSA) is 52.5 Å². The van der Waals surface area contributed by atoms with Gasteiger partial charge >= 0.3 is 0 Å². The van der Waals surface area contributed by atoms with E-state index in [9.17, 15) is 10.5 Å². The molecule has 0 unspecified atom stereocenters. The van der Waals surface area contributed by atoms with Crippen LogP contribution in [0.2, 0.25) is 0 Å². The van der Waals surface area contributed by atoms with Gasteiger partial charge in [-0.15, -0.1) is 0 Å². The van der Waals surface area contributed by atoms with E-state index < -0.39 is 0 Å². The quantitative estimate of drug-likeness (QED) is 0.661. The van der Waals surface area contributed by atoms with Crippen LogP contribution in [-0.2, 0) is 6.42 Å². The Morgan fingerprint density at radius 1 is 0.955 bits per heavy atom. The molecule has 0 fully saturated rings. The van der Waals surface area contributed by atoms with Gasteiger partial charge in [0, 0.05) is 10.7 Å². The summed E-state index contributed by atoms with van der Waals surface area (Å²) < 4.78 is 1.89. The molecule has 3 rings (SSSR count). The van der Waals surface area contributed by atoms with Gasteiger partial charge < -0.3 is 0 Å². The molecule has 0 radical (unpaired) electrons. The van der Waals surface area contributed by atoms with E-state index in [1.54, 1.807) is 6.07 Å². The second-order valence-electron chi connectivity index (χ2n) is 4.86. The summed E-state index contributed by atoms with van der Waals surface area (Å²) in [6.07, 6.45) is 0.769. The number of halogens is 1. The third-order valence-corrected chi connectivity index (χ3v) is 4.09. The van der Waals surface area contributed by atoms with E-state index in [1.165, 1.54) is 0 Å². The van der Waals surface area contributed by atoms with Gasteiger partial charge in [0.1, 0.15) is 17.8 Å². The monoisotopic (exact) mass is 349 g/mol. The molecule has 0 saturated heterocycles. The van der Waals surface area contributed by atoms with Crippen LogP contribution in [0.1, 0.15) is 16.8 Å². The molecule has 0 amide bonds. The number of benzene rings is 2. The van der Waals surface area contributed by atoms with Crippen LogP contribution in [-0.4, -0.2) is 9.90 Å². The molecule has 0 aliphatic heterocycles. The largest absolute Gasteiger partial charge is 0.299 e. The van der Waals surface area contributed by atoms with Crippen molar-refractivity contribution in [3.8, 4) is 17.8 Å². The smallest absolute Gasteiger partial charge is 0.129 e. The Hall–Kier alpha value is -2.56. The number of para-hydroxylation sites is 2. The van der Waals surface area contributed by atoms with Crippen molar-refractivity contribution in [1.82, 2.24) is 4.57 Å². The third-order valence-electron chi connectivity index (χ3n) is 3.70. The lowest BCUT2D eigenvalue weighted by molar-refractivity contribution is 1.05. The average molecular weight is 350 g/mol. The highest BCUT2D eigenvalue weighted by Crippen LogP contribution is 2.31. The molecule has 1 heterocycles. The maximum atomic E-state index is 9.68. The Labute approximate surface area is 137 Å². The first kappa shape index (κ1) is 14.4. The van der Waals surface area contributed by atoms with E-state index in [0.717, 1.165) is 33.9 Å². The predicted molar refractivity (Wildman–Crippen MR) is 90.2 cm³/mol. The summed E-state index contributed by atoms with van der Waals surface area (Å²) in [6, 6.07) is 19.8. The van der Waals surface area contributed by atoms with Crippen LogP contribution in [0.3, 0.4) is 0 Å². The van der Waals surface area contributed by atoms with E-state index in [0.29, 0.717) is 11.3 Å². The van der Waals surface area contributed by atoms with Crippen LogP contribution in [0.25, 0.3) is 16.6 Å². The van der Waals surface area contributed by atoms with Gasteiger partial charge in [-0.3, -0.25) is 4.57 Å². The molecule has 0 atom stereocenters. The van der Waals surface area contributed by atoms with Gasteiger partial charge in [0.15, 0.2) is 0 Å². The molecule has 0 bridgehead atoms. The Balaban J connectivity index is 2.44. The minimum absolute atomic E-state index is 0.560. The van der Waals surface area contributed by atoms with Gasteiger partial charge in [-0.25, -0.2) is 0 Å². The molecule has 22 heavy (non-hydrogen) atoms. The number of fused-ring (bicyclic) bond motifs is 1. The maximum absolute atomic E-state index is 9.68. The van der Waals surface area contributed by atoms with Gasteiger partial charge in [-0.05, 0) is 30.2 Å². The molecule has 3 nitrogen and oxygen atoms in total. The first-order valence-corrected chi connectivity index (χ1v) is 8.02. The summed E-state index contributed by atoms with van der Waals surface area (Å²) in [5, 5.41) is 20.9. The Bertz CT molecular complexity index is 926. The first-order chi connectivity index (χ1) is 10.8. The van der Waals surface area contributed by atoms with Crippen molar-refractivity contribution in [2.24, 2.45) is 0 Å². The van der Waals surface area contributed by atoms with Crippen molar-refractivity contribution in [3.63, 3.8) is 0 Å². The lowest BCUT2D eigenvalue weighted by Crippen LogP contribution is -2.01. The highest BCUT2D eigenvalue weighted by molar-refractivity contribution is 9.09. The number of aromatic nitrogens is 1. The van der Waals surface area contributed by atoms with Gasteiger partial charge in [-0.2, -0.15) is 10.5 Å². The standard InChI is InChI=1S/C18H12BrN3/c19-10-9-15-14-6-2-4-8-17(14)22(18(15)12-21)16-7-3-1-5-13(16)11-20/h1-8H,9-10H2. The fourth-order valence-electron chi connectivity index (χ4n) is 2.79. The van der Waals surface area contributed by atoms with Crippen LogP contribution < -0.4 is 0 Å². The van der Waals surface area contributed by atoms with Crippen LogP contribution in [0.5, 0.6) is 0 Å². The Morgan fingerprint density at radius 3 is 2.41 bits per heavy atom. The maximum Gasteiger partial charge on any atom is 0.129 e. The van der Waals surface area contributed by atoms with Crippen molar-refractivity contribution < 1.29 is 0 Å². The molecule has 2 aromatic carbocycles. The second-order valence-corrected chi connectivity index (χ2v) is 5.65. The Morgan fingerprint density at radius 2 is 1.68 bits per heavy atom. The van der Waals surface area contributed by atoms with Crippen LogP contribution >= 0.6 is 15.9 Å². The molecule has 0 aliphatic carbocycles. The van der Waals surface area contributed by atoms with Crippen molar-refractivity contribution in [3.05, 3.63) is 65.4 Å². The molecular formula is C18H12BrN3. The van der Waals surface area contributed by atoms with Crippen molar-refractivity contribution in [2.75, 3.05) is 5.33 Å². The number of nitrogens with zero attached hydrogens (tertiary/aromatic N) is 3. The lowest BCUT2D eigenvalue weighted by atomic mass is 10.1. The molecule has 0 spiro atoms. The van der Waals surface area contributed by atoms with E-state index in [1.807, 2.05) is 47.0 Å². The molecule has 0 aliphatic rings. The molecule has 4 heteroatoms. The summed E-state index contributed by atoms with van der Waals surface area (Å²) in [6.45, 7) is 0. The molecule has 106 valence electrons. The number of aryl methyl sites for hydroxylation is 1. The van der Waals surface area contributed by atoms with Crippen LogP contribution in [0.4, 0.5) is 0 Å². The van der Waals surface area contributed by atoms with Crippen LogP contribution in [0.15, 0.2) is 48.5 Å². The number of rotatable bonds is 3. The highest BCUT2D eigenvalue weighted by Gasteiger charge is 2.18. The molecular weight excluding hydrogens is 338 g/mol. The fraction of sp³-hybridized carbons (Fsp3) is 0.111. The van der Waals surface area contributed by atoms with Gasteiger partial charge in [0.05, 0.1) is 16.8 Å². The van der Waals surface area contributed by atoms with E-state index in [-0.39, 0.29) is 0 Å². The zero-order valence-corrected chi connectivity index (χ0v) is 13.3.